The second kappa shape index (κ2) is 6.41. The zero-order chi connectivity index (χ0) is 15.6. The predicted molar refractivity (Wildman–Crippen MR) is 87.6 cm³/mol. The van der Waals surface area contributed by atoms with E-state index < -0.39 is 0 Å². The van der Waals surface area contributed by atoms with Gasteiger partial charge in [0.15, 0.2) is 5.82 Å². The van der Waals surface area contributed by atoms with E-state index in [1.54, 1.807) is 0 Å². The Bertz CT molecular complexity index is 658. The zero-order valence-electron chi connectivity index (χ0n) is 12.6. The Morgan fingerprint density at radius 3 is 2.52 bits per heavy atom. The number of rotatable bonds is 4. The van der Waals surface area contributed by atoms with Gasteiger partial charge in [0.1, 0.15) is 11.6 Å². The number of aromatic nitrogens is 2. The SMILES string of the molecule is Cc1cc(Br)ccc1Oc1nc(C(C)C)nc(NN)c1C. The molecule has 0 spiro atoms. The molecule has 21 heavy (non-hydrogen) atoms. The van der Waals surface area contributed by atoms with Gasteiger partial charge in [-0.2, -0.15) is 4.98 Å². The Morgan fingerprint density at radius 1 is 1.24 bits per heavy atom. The fourth-order valence-electron chi connectivity index (χ4n) is 1.84. The topological polar surface area (TPSA) is 73.1 Å². The van der Waals surface area contributed by atoms with Gasteiger partial charge in [-0.3, -0.25) is 0 Å². The van der Waals surface area contributed by atoms with Crippen LogP contribution in [-0.2, 0) is 0 Å². The first-order valence-electron chi connectivity index (χ1n) is 6.71. The normalized spacial score (nSPS) is 10.8. The van der Waals surface area contributed by atoms with Crippen LogP contribution >= 0.6 is 15.9 Å². The number of benzene rings is 1. The van der Waals surface area contributed by atoms with Crippen molar-refractivity contribution in [3.8, 4) is 11.6 Å². The number of nitrogen functional groups attached to an aromatic ring is 1. The third-order valence-electron chi connectivity index (χ3n) is 3.12. The van der Waals surface area contributed by atoms with Crippen LogP contribution < -0.4 is 16.0 Å². The number of hydrazine groups is 1. The maximum Gasteiger partial charge on any atom is 0.227 e. The molecule has 1 aromatic carbocycles. The average molecular weight is 351 g/mol. The summed E-state index contributed by atoms with van der Waals surface area (Å²) >= 11 is 3.44. The molecule has 112 valence electrons. The van der Waals surface area contributed by atoms with Gasteiger partial charge in [-0.25, -0.2) is 10.8 Å². The highest BCUT2D eigenvalue weighted by atomic mass is 79.9. The minimum Gasteiger partial charge on any atom is -0.438 e. The van der Waals surface area contributed by atoms with E-state index in [9.17, 15) is 0 Å². The van der Waals surface area contributed by atoms with Crippen molar-refractivity contribution < 1.29 is 4.74 Å². The third kappa shape index (κ3) is 3.51. The lowest BCUT2D eigenvalue weighted by Crippen LogP contribution is -2.13. The maximum absolute atomic E-state index is 5.96. The number of aryl methyl sites for hydroxylation is 1. The summed E-state index contributed by atoms with van der Waals surface area (Å²) < 4.78 is 6.97. The zero-order valence-corrected chi connectivity index (χ0v) is 14.2. The van der Waals surface area contributed by atoms with Gasteiger partial charge in [0.05, 0.1) is 5.56 Å². The molecule has 0 fully saturated rings. The molecular weight excluding hydrogens is 332 g/mol. The highest BCUT2D eigenvalue weighted by Crippen LogP contribution is 2.31. The molecule has 6 heteroatoms. The summed E-state index contributed by atoms with van der Waals surface area (Å²) in [7, 11) is 0. The van der Waals surface area contributed by atoms with Crippen LogP contribution in [0.5, 0.6) is 11.6 Å². The Balaban J connectivity index is 2.45. The molecular formula is C15H19BrN4O. The summed E-state index contributed by atoms with van der Waals surface area (Å²) in [6.07, 6.45) is 0. The van der Waals surface area contributed by atoms with Gasteiger partial charge in [0.2, 0.25) is 5.88 Å². The van der Waals surface area contributed by atoms with E-state index in [1.165, 1.54) is 0 Å². The van der Waals surface area contributed by atoms with Crippen molar-refractivity contribution in [1.29, 1.82) is 0 Å². The Morgan fingerprint density at radius 2 is 1.95 bits per heavy atom. The van der Waals surface area contributed by atoms with Gasteiger partial charge < -0.3 is 10.2 Å². The lowest BCUT2D eigenvalue weighted by molar-refractivity contribution is 0.450. The summed E-state index contributed by atoms with van der Waals surface area (Å²) in [6.45, 7) is 7.92. The summed E-state index contributed by atoms with van der Waals surface area (Å²) in [5.74, 6) is 8.27. The molecule has 0 radical (unpaired) electrons. The first-order chi connectivity index (χ1) is 9.92. The average Bonchev–Trinajstić information content (AvgIpc) is 2.43. The smallest absolute Gasteiger partial charge is 0.227 e. The van der Waals surface area contributed by atoms with Crippen molar-refractivity contribution in [2.45, 2.75) is 33.6 Å². The highest BCUT2D eigenvalue weighted by molar-refractivity contribution is 9.10. The van der Waals surface area contributed by atoms with E-state index in [1.807, 2.05) is 45.9 Å². The van der Waals surface area contributed by atoms with Crippen molar-refractivity contribution in [2.24, 2.45) is 5.84 Å². The van der Waals surface area contributed by atoms with Crippen LogP contribution in [-0.4, -0.2) is 9.97 Å². The summed E-state index contributed by atoms with van der Waals surface area (Å²) in [6, 6.07) is 5.84. The summed E-state index contributed by atoms with van der Waals surface area (Å²) in [4.78, 5) is 8.89. The van der Waals surface area contributed by atoms with Crippen LogP contribution in [0, 0.1) is 13.8 Å². The number of anilines is 1. The Kier molecular flexibility index (Phi) is 4.80. The monoisotopic (exact) mass is 350 g/mol. The van der Waals surface area contributed by atoms with E-state index in [4.69, 9.17) is 10.6 Å². The van der Waals surface area contributed by atoms with Crippen LogP contribution in [0.4, 0.5) is 5.82 Å². The lowest BCUT2D eigenvalue weighted by Gasteiger charge is -2.15. The van der Waals surface area contributed by atoms with E-state index in [2.05, 4.69) is 31.3 Å². The number of hydrogen-bond donors (Lipinski definition) is 2. The lowest BCUT2D eigenvalue weighted by atomic mass is 10.2. The van der Waals surface area contributed by atoms with Crippen molar-refractivity contribution in [3.63, 3.8) is 0 Å². The molecule has 0 atom stereocenters. The van der Waals surface area contributed by atoms with Gasteiger partial charge in [-0.1, -0.05) is 29.8 Å². The third-order valence-corrected chi connectivity index (χ3v) is 3.61. The fourth-order valence-corrected chi connectivity index (χ4v) is 2.32. The summed E-state index contributed by atoms with van der Waals surface area (Å²) in [5.41, 5.74) is 4.41. The maximum atomic E-state index is 5.96. The number of nitrogens with one attached hydrogen (secondary N) is 1. The van der Waals surface area contributed by atoms with E-state index in [0.29, 0.717) is 17.5 Å². The minimum atomic E-state index is 0.186. The standard InChI is InChI=1S/C15H19BrN4O/c1-8(2)13-18-14(20-17)10(4)15(19-13)21-12-6-5-11(16)7-9(12)3/h5-8H,17H2,1-4H3,(H,18,19,20). The fraction of sp³-hybridized carbons (Fsp3) is 0.333. The van der Waals surface area contributed by atoms with Crippen LogP contribution in [0.1, 0.15) is 36.7 Å². The molecule has 0 aliphatic heterocycles. The molecule has 1 aromatic heterocycles. The van der Waals surface area contributed by atoms with Crippen LogP contribution in [0.25, 0.3) is 0 Å². The molecule has 0 aliphatic carbocycles. The number of hydrogen-bond acceptors (Lipinski definition) is 5. The van der Waals surface area contributed by atoms with E-state index in [0.717, 1.165) is 21.3 Å². The second-order valence-electron chi connectivity index (χ2n) is 5.17. The Labute approximate surface area is 133 Å². The predicted octanol–water partition coefficient (Wildman–Crippen LogP) is 4.06. The van der Waals surface area contributed by atoms with Crippen LogP contribution in [0.15, 0.2) is 22.7 Å². The molecule has 0 amide bonds. The van der Waals surface area contributed by atoms with Crippen molar-refractivity contribution in [3.05, 3.63) is 39.6 Å². The first-order valence-corrected chi connectivity index (χ1v) is 7.50. The molecule has 0 bridgehead atoms. The minimum absolute atomic E-state index is 0.186. The molecule has 0 unspecified atom stereocenters. The van der Waals surface area contributed by atoms with Gasteiger partial charge in [-0.15, -0.1) is 0 Å². The number of nitrogens with two attached hydrogens (primary N) is 1. The molecule has 2 rings (SSSR count). The number of nitrogens with zero attached hydrogens (tertiary/aromatic N) is 2. The van der Waals surface area contributed by atoms with Gasteiger partial charge in [0.25, 0.3) is 0 Å². The molecule has 0 saturated carbocycles. The number of halogens is 1. The number of ether oxygens (including phenoxy) is 1. The van der Waals surface area contributed by atoms with E-state index >= 15 is 0 Å². The highest BCUT2D eigenvalue weighted by Gasteiger charge is 2.15. The van der Waals surface area contributed by atoms with Crippen molar-refractivity contribution in [1.82, 2.24) is 9.97 Å². The molecule has 5 nitrogen and oxygen atoms in total. The van der Waals surface area contributed by atoms with Gasteiger partial charge >= 0.3 is 0 Å². The largest absolute Gasteiger partial charge is 0.438 e. The quantitative estimate of drug-likeness (QED) is 0.642. The van der Waals surface area contributed by atoms with Gasteiger partial charge in [0, 0.05) is 10.4 Å². The first kappa shape index (κ1) is 15.7. The molecule has 0 aliphatic rings. The van der Waals surface area contributed by atoms with Crippen LogP contribution in [0.2, 0.25) is 0 Å². The second-order valence-corrected chi connectivity index (χ2v) is 6.09. The molecule has 2 aromatic rings. The van der Waals surface area contributed by atoms with E-state index in [-0.39, 0.29) is 5.92 Å². The van der Waals surface area contributed by atoms with Gasteiger partial charge in [-0.05, 0) is 37.6 Å². The molecule has 0 saturated heterocycles. The molecule has 3 N–H and O–H groups in total. The van der Waals surface area contributed by atoms with Crippen molar-refractivity contribution >= 4 is 21.7 Å². The molecule has 1 heterocycles. The van der Waals surface area contributed by atoms with Crippen LogP contribution in [0.3, 0.4) is 0 Å². The summed E-state index contributed by atoms with van der Waals surface area (Å²) in [5, 5.41) is 0. The Hall–Kier alpha value is -1.66. The van der Waals surface area contributed by atoms with Crippen molar-refractivity contribution in [2.75, 3.05) is 5.43 Å².